The Bertz CT molecular complexity index is 2380. The number of ether oxygens (including phenoxy) is 1. The van der Waals surface area contributed by atoms with E-state index in [9.17, 15) is 0 Å². The van der Waals surface area contributed by atoms with E-state index in [1.54, 1.807) is 0 Å². The molecule has 1 heterocycles. The van der Waals surface area contributed by atoms with Gasteiger partial charge in [-0.15, -0.1) is 0 Å². The monoisotopic (exact) mass is 640 g/mol. The molecule has 0 amide bonds. The van der Waals surface area contributed by atoms with E-state index in [0.29, 0.717) is 11.8 Å². The Morgan fingerprint density at radius 3 is 1.74 bits per heavy atom. The lowest BCUT2D eigenvalue weighted by Crippen LogP contribution is -2.34. The number of hydrogen-bond donors (Lipinski definition) is 0. The summed E-state index contributed by atoms with van der Waals surface area (Å²) in [5.41, 5.74) is 13.4. The van der Waals surface area contributed by atoms with Gasteiger partial charge >= 0.3 is 0 Å². The van der Waals surface area contributed by atoms with Crippen molar-refractivity contribution in [3.63, 3.8) is 0 Å². The van der Waals surface area contributed by atoms with Crippen molar-refractivity contribution in [2.24, 2.45) is 5.92 Å². The van der Waals surface area contributed by atoms with E-state index in [1.807, 2.05) is 0 Å². The van der Waals surface area contributed by atoms with Crippen molar-refractivity contribution in [1.82, 2.24) is 0 Å². The van der Waals surface area contributed by atoms with Gasteiger partial charge in [-0.05, 0) is 74.3 Å². The van der Waals surface area contributed by atoms with E-state index in [2.05, 4.69) is 195 Å². The van der Waals surface area contributed by atoms with Crippen LogP contribution in [0.1, 0.15) is 62.9 Å². The third-order valence-electron chi connectivity index (χ3n) is 11.8. The minimum absolute atomic E-state index is 0.185. The van der Waals surface area contributed by atoms with Crippen LogP contribution in [-0.4, -0.2) is 0 Å². The third-order valence-corrected chi connectivity index (χ3v) is 11.8. The van der Waals surface area contributed by atoms with Crippen molar-refractivity contribution < 1.29 is 4.74 Å². The van der Waals surface area contributed by atoms with Crippen molar-refractivity contribution in [3.8, 4) is 22.6 Å². The van der Waals surface area contributed by atoms with Crippen molar-refractivity contribution in [2.75, 3.05) is 0 Å². The summed E-state index contributed by atoms with van der Waals surface area (Å²) in [5.74, 6) is 2.42. The molecule has 2 aliphatic carbocycles. The topological polar surface area (TPSA) is 9.23 Å². The molecule has 0 spiro atoms. The van der Waals surface area contributed by atoms with Gasteiger partial charge in [0.25, 0.3) is 0 Å². The second-order valence-corrected chi connectivity index (χ2v) is 14.2. The van der Waals surface area contributed by atoms with Crippen molar-refractivity contribution in [1.29, 1.82) is 0 Å². The number of para-hydroxylation sites is 1. The van der Waals surface area contributed by atoms with Crippen molar-refractivity contribution in [3.05, 3.63) is 232 Å². The highest BCUT2D eigenvalue weighted by Crippen LogP contribution is 2.60. The van der Waals surface area contributed by atoms with Crippen LogP contribution < -0.4 is 4.74 Å². The number of hydrogen-bond acceptors (Lipinski definition) is 1. The van der Waals surface area contributed by atoms with Crippen LogP contribution in [0, 0.1) is 5.92 Å². The summed E-state index contributed by atoms with van der Waals surface area (Å²) in [6.07, 6.45) is 4.82. The van der Waals surface area contributed by atoms with E-state index in [1.165, 1.54) is 50.1 Å². The molecule has 1 aliphatic heterocycles. The molecule has 0 saturated carbocycles. The zero-order valence-electron chi connectivity index (χ0n) is 28.0. The summed E-state index contributed by atoms with van der Waals surface area (Å²) < 4.78 is 6.72. The van der Waals surface area contributed by atoms with Gasteiger partial charge in [0.05, 0.1) is 5.41 Å². The number of fused-ring (bicyclic) bond motifs is 7. The lowest BCUT2D eigenvalue weighted by molar-refractivity contribution is 0.422. The van der Waals surface area contributed by atoms with Crippen LogP contribution in [-0.2, 0) is 10.8 Å². The van der Waals surface area contributed by atoms with Crippen molar-refractivity contribution >= 4 is 6.08 Å². The average Bonchev–Trinajstić information content (AvgIpc) is 3.46. The summed E-state index contributed by atoms with van der Waals surface area (Å²) in [5, 5.41) is 0. The second-order valence-electron chi connectivity index (χ2n) is 14.2. The van der Waals surface area contributed by atoms with Gasteiger partial charge in [-0.1, -0.05) is 171 Å². The minimum Gasteiger partial charge on any atom is -0.457 e. The van der Waals surface area contributed by atoms with E-state index in [4.69, 9.17) is 4.74 Å². The Kier molecular flexibility index (Phi) is 6.42. The summed E-state index contributed by atoms with van der Waals surface area (Å²) in [4.78, 5) is 0. The van der Waals surface area contributed by atoms with Gasteiger partial charge < -0.3 is 4.74 Å². The molecule has 3 atom stereocenters. The molecule has 0 N–H and O–H groups in total. The zero-order chi connectivity index (χ0) is 33.3. The van der Waals surface area contributed by atoms with Gasteiger partial charge in [0.2, 0.25) is 0 Å². The predicted molar refractivity (Wildman–Crippen MR) is 204 cm³/mol. The van der Waals surface area contributed by atoms with Gasteiger partial charge in [-0.3, -0.25) is 0 Å². The highest BCUT2D eigenvalue weighted by molar-refractivity contribution is 5.76. The molecule has 7 aromatic carbocycles. The molecule has 0 aromatic heterocycles. The normalized spacial score (nSPS) is 20.4. The molecule has 1 heteroatoms. The molecule has 0 saturated heterocycles. The second kappa shape index (κ2) is 11.1. The first-order valence-electron chi connectivity index (χ1n) is 17.7. The molecule has 3 unspecified atom stereocenters. The molecule has 238 valence electrons. The molecule has 1 nitrogen and oxygen atoms in total. The van der Waals surface area contributed by atoms with Crippen LogP contribution in [0.5, 0.6) is 11.5 Å². The maximum atomic E-state index is 6.72. The Labute approximate surface area is 294 Å². The van der Waals surface area contributed by atoms with E-state index in [0.717, 1.165) is 22.6 Å². The molecule has 3 aliphatic rings. The summed E-state index contributed by atoms with van der Waals surface area (Å²) in [6, 6.07) is 64.5. The van der Waals surface area contributed by atoms with E-state index in [-0.39, 0.29) is 5.41 Å². The molecule has 10 rings (SSSR count). The highest BCUT2D eigenvalue weighted by atomic mass is 16.5. The van der Waals surface area contributed by atoms with Crippen LogP contribution in [0.15, 0.2) is 182 Å². The Balaban J connectivity index is 1.21. The smallest absolute Gasteiger partial charge is 0.132 e. The molecule has 0 fully saturated rings. The van der Waals surface area contributed by atoms with E-state index < -0.39 is 5.41 Å². The van der Waals surface area contributed by atoms with Gasteiger partial charge in [0, 0.05) is 28.4 Å². The molecule has 50 heavy (non-hydrogen) atoms. The maximum Gasteiger partial charge on any atom is 0.132 e. The fourth-order valence-corrected chi connectivity index (χ4v) is 9.50. The number of benzene rings is 7. The average molecular weight is 641 g/mol. The Morgan fingerprint density at radius 2 is 1.02 bits per heavy atom. The first-order chi connectivity index (χ1) is 24.7. The van der Waals surface area contributed by atoms with Gasteiger partial charge in [0.1, 0.15) is 11.5 Å². The largest absolute Gasteiger partial charge is 0.457 e. The fourth-order valence-electron chi connectivity index (χ4n) is 9.50. The number of allylic oxidation sites excluding steroid dienone is 1. The quantitative estimate of drug-likeness (QED) is 0.186. The first kappa shape index (κ1) is 29.0. The fraction of sp³-hybridized carbons (Fsp3) is 0.102. The van der Waals surface area contributed by atoms with Crippen LogP contribution in [0.2, 0.25) is 0 Å². The zero-order valence-corrected chi connectivity index (χ0v) is 28.0. The van der Waals surface area contributed by atoms with Gasteiger partial charge in [-0.2, -0.15) is 0 Å². The predicted octanol–water partition coefficient (Wildman–Crippen LogP) is 11.9. The van der Waals surface area contributed by atoms with E-state index >= 15 is 0 Å². The Morgan fingerprint density at radius 1 is 0.460 bits per heavy atom. The summed E-state index contributed by atoms with van der Waals surface area (Å²) >= 11 is 0. The first-order valence-corrected chi connectivity index (χ1v) is 17.7. The van der Waals surface area contributed by atoms with Gasteiger partial charge in [0.15, 0.2) is 0 Å². The molecule has 0 radical (unpaired) electrons. The summed E-state index contributed by atoms with van der Waals surface area (Å²) in [7, 11) is 0. The summed E-state index contributed by atoms with van der Waals surface area (Å²) in [6.45, 7) is 2.46. The third kappa shape index (κ3) is 4.01. The minimum atomic E-state index is -0.554. The Hall–Kier alpha value is -5.92. The van der Waals surface area contributed by atoms with Crippen LogP contribution in [0.3, 0.4) is 0 Å². The molecule has 0 bridgehead atoms. The highest BCUT2D eigenvalue weighted by Gasteiger charge is 2.51. The van der Waals surface area contributed by atoms with Gasteiger partial charge in [-0.25, -0.2) is 0 Å². The van der Waals surface area contributed by atoms with Crippen LogP contribution in [0.4, 0.5) is 0 Å². The van der Waals surface area contributed by atoms with Crippen molar-refractivity contribution in [2.45, 2.75) is 23.7 Å². The SMILES string of the molecule is CC1(c2ccccc2)c2cc(-c3ccc4c(c3)C(c3ccccc3)(c3ccccc3)c3ccccc3O4)ccc2C2c3ccccc3C=CC21. The lowest BCUT2D eigenvalue weighted by atomic mass is 9.63. The van der Waals surface area contributed by atoms with Crippen LogP contribution in [0.25, 0.3) is 17.2 Å². The molecular weight excluding hydrogens is 605 g/mol. The number of rotatable bonds is 4. The lowest BCUT2D eigenvalue weighted by Gasteiger charge is -2.41. The molecule has 7 aromatic rings. The molecular formula is C49H36O. The van der Waals surface area contributed by atoms with Crippen LogP contribution >= 0.6 is 0 Å². The maximum absolute atomic E-state index is 6.72. The standard InChI is InChI=1S/C49H36O/c1-48(36-16-5-2-6-17-36)42-29-26-33-15-11-12-22-39(33)47(42)40-28-25-34(31-43(40)48)35-27-30-46-44(32-35)49(37-18-7-3-8-19-37,38-20-9-4-10-21-38)41-23-13-14-24-45(41)50-46/h2-32,42,47H,1H3.